The van der Waals surface area contributed by atoms with Crippen molar-refractivity contribution in [3.63, 3.8) is 0 Å². The lowest BCUT2D eigenvalue weighted by atomic mass is 9.80. The van der Waals surface area contributed by atoms with E-state index in [9.17, 15) is 5.11 Å². The van der Waals surface area contributed by atoms with Gasteiger partial charge in [-0.1, -0.05) is 39.0 Å². The van der Waals surface area contributed by atoms with Crippen molar-refractivity contribution in [1.82, 2.24) is 5.32 Å². The molecule has 3 heteroatoms. The first kappa shape index (κ1) is 16.0. The fourth-order valence-electron chi connectivity index (χ4n) is 3.46. The topological polar surface area (TPSA) is 41.5 Å². The normalized spacial score (nSPS) is 23.7. The van der Waals surface area contributed by atoms with Crippen molar-refractivity contribution in [2.24, 2.45) is 5.41 Å². The van der Waals surface area contributed by atoms with Gasteiger partial charge in [-0.2, -0.15) is 0 Å². The summed E-state index contributed by atoms with van der Waals surface area (Å²) in [5, 5.41) is 13.3. The highest BCUT2D eigenvalue weighted by molar-refractivity contribution is 5.38. The average molecular weight is 303 g/mol. The van der Waals surface area contributed by atoms with Gasteiger partial charge < -0.3 is 15.2 Å². The van der Waals surface area contributed by atoms with E-state index in [0.717, 1.165) is 6.54 Å². The van der Waals surface area contributed by atoms with Crippen molar-refractivity contribution in [2.75, 3.05) is 26.4 Å². The van der Waals surface area contributed by atoms with Gasteiger partial charge in [0, 0.05) is 12.6 Å². The summed E-state index contributed by atoms with van der Waals surface area (Å²) in [6.45, 7) is 9.22. The first-order valence-corrected chi connectivity index (χ1v) is 8.49. The van der Waals surface area contributed by atoms with E-state index in [-0.39, 0.29) is 17.4 Å². The molecule has 22 heavy (non-hydrogen) atoms. The van der Waals surface area contributed by atoms with Gasteiger partial charge in [-0.05, 0) is 41.4 Å². The second-order valence-corrected chi connectivity index (χ2v) is 8.14. The molecule has 0 saturated carbocycles. The predicted octanol–water partition coefficient (Wildman–Crippen LogP) is 2.96. The third-order valence-electron chi connectivity index (χ3n) is 5.20. The molecule has 3 rings (SSSR count). The minimum Gasteiger partial charge on any atom is -0.396 e. The van der Waals surface area contributed by atoms with E-state index in [1.807, 2.05) is 0 Å². The molecule has 1 fully saturated rings. The van der Waals surface area contributed by atoms with Gasteiger partial charge in [-0.3, -0.25) is 0 Å². The molecule has 0 amide bonds. The van der Waals surface area contributed by atoms with Gasteiger partial charge in [0.25, 0.3) is 0 Å². The van der Waals surface area contributed by atoms with E-state index in [1.54, 1.807) is 0 Å². The van der Waals surface area contributed by atoms with Gasteiger partial charge in [0.2, 0.25) is 0 Å². The van der Waals surface area contributed by atoms with Gasteiger partial charge in [-0.15, -0.1) is 0 Å². The fourth-order valence-corrected chi connectivity index (χ4v) is 3.46. The number of fused-ring (bicyclic) bond motifs is 1. The average Bonchev–Trinajstić information content (AvgIpc) is 2.45. The van der Waals surface area contributed by atoms with Crippen molar-refractivity contribution in [3.05, 3.63) is 34.9 Å². The summed E-state index contributed by atoms with van der Waals surface area (Å²) in [6, 6.07) is 7.42. The fraction of sp³-hybridized carbons (Fsp3) is 0.684. The van der Waals surface area contributed by atoms with Gasteiger partial charge in [-0.25, -0.2) is 0 Å². The van der Waals surface area contributed by atoms with Gasteiger partial charge in [0.05, 0.1) is 25.2 Å². The number of aliphatic hydroxyl groups excluding tert-OH is 1. The minimum absolute atomic E-state index is 0.0563. The van der Waals surface area contributed by atoms with E-state index in [2.05, 4.69) is 44.3 Å². The molecule has 0 spiro atoms. The Morgan fingerprint density at radius 2 is 2.09 bits per heavy atom. The summed E-state index contributed by atoms with van der Waals surface area (Å²) in [5.41, 5.74) is 4.49. The number of hydrogen-bond acceptors (Lipinski definition) is 3. The van der Waals surface area contributed by atoms with Crippen LogP contribution in [0.1, 0.15) is 56.3 Å². The Hall–Kier alpha value is -0.900. The summed E-state index contributed by atoms with van der Waals surface area (Å²) in [7, 11) is 0. The first-order chi connectivity index (χ1) is 10.4. The monoisotopic (exact) mass is 303 g/mol. The molecule has 1 aliphatic carbocycles. The Morgan fingerprint density at radius 1 is 1.32 bits per heavy atom. The van der Waals surface area contributed by atoms with Gasteiger partial charge in [0.15, 0.2) is 0 Å². The van der Waals surface area contributed by atoms with Crippen LogP contribution in [0.15, 0.2) is 18.2 Å². The maximum Gasteiger partial charge on any atom is 0.0579 e. The SMILES string of the molecule is CC(C)(C)c1ccc2c(c1)[C@H](NCC1(CO)COC1)CCC2. The summed E-state index contributed by atoms with van der Waals surface area (Å²) in [5.74, 6) is 0. The summed E-state index contributed by atoms with van der Waals surface area (Å²) in [4.78, 5) is 0. The molecule has 3 nitrogen and oxygen atoms in total. The van der Waals surface area contributed by atoms with Crippen LogP contribution >= 0.6 is 0 Å². The summed E-state index contributed by atoms with van der Waals surface area (Å²) < 4.78 is 5.30. The van der Waals surface area contributed by atoms with Crippen LogP contribution in [-0.4, -0.2) is 31.5 Å². The third kappa shape index (κ3) is 3.08. The molecule has 1 heterocycles. The number of hydrogen-bond donors (Lipinski definition) is 2. The highest BCUT2D eigenvalue weighted by Crippen LogP contribution is 2.35. The zero-order valence-electron chi connectivity index (χ0n) is 14.1. The molecule has 122 valence electrons. The number of nitrogens with one attached hydrogen (secondary N) is 1. The second kappa shape index (κ2) is 5.95. The van der Waals surface area contributed by atoms with Gasteiger partial charge >= 0.3 is 0 Å². The molecule has 0 aromatic heterocycles. The number of ether oxygens (including phenoxy) is 1. The molecule has 0 unspecified atom stereocenters. The predicted molar refractivity (Wildman–Crippen MR) is 89.2 cm³/mol. The Bertz CT molecular complexity index is 523. The molecular formula is C19H29NO2. The Labute approximate surface area is 134 Å². The maximum atomic E-state index is 9.59. The highest BCUT2D eigenvalue weighted by Gasteiger charge is 2.38. The van der Waals surface area contributed by atoms with Crippen LogP contribution in [0.4, 0.5) is 0 Å². The zero-order chi connectivity index (χ0) is 15.8. The third-order valence-corrected chi connectivity index (χ3v) is 5.20. The molecular weight excluding hydrogens is 274 g/mol. The van der Waals surface area contributed by atoms with E-state index < -0.39 is 0 Å². The van der Waals surface area contributed by atoms with Crippen LogP contribution < -0.4 is 5.32 Å². The quantitative estimate of drug-likeness (QED) is 0.898. The van der Waals surface area contributed by atoms with E-state index in [0.29, 0.717) is 19.3 Å². The van der Waals surface area contributed by atoms with Gasteiger partial charge in [0.1, 0.15) is 0 Å². The Kier molecular flexibility index (Phi) is 4.32. The van der Waals surface area contributed by atoms with Crippen molar-refractivity contribution in [3.8, 4) is 0 Å². The molecule has 1 aliphatic heterocycles. The van der Waals surface area contributed by atoms with Crippen LogP contribution in [0, 0.1) is 5.41 Å². The Morgan fingerprint density at radius 3 is 2.68 bits per heavy atom. The van der Waals surface area contributed by atoms with Crippen LogP contribution in [0.25, 0.3) is 0 Å². The largest absolute Gasteiger partial charge is 0.396 e. The molecule has 0 bridgehead atoms. The number of rotatable bonds is 4. The lowest BCUT2D eigenvalue weighted by Crippen LogP contribution is -2.52. The van der Waals surface area contributed by atoms with Crippen LogP contribution in [0.5, 0.6) is 0 Å². The van der Waals surface area contributed by atoms with E-state index in [4.69, 9.17) is 4.74 Å². The Balaban J connectivity index is 1.77. The zero-order valence-corrected chi connectivity index (χ0v) is 14.1. The summed E-state index contributed by atoms with van der Waals surface area (Å²) in [6.07, 6.45) is 3.61. The maximum absolute atomic E-state index is 9.59. The number of aliphatic hydroxyl groups is 1. The number of benzene rings is 1. The lowest BCUT2D eigenvalue weighted by Gasteiger charge is -2.41. The molecule has 1 saturated heterocycles. The molecule has 1 aromatic rings. The smallest absolute Gasteiger partial charge is 0.0579 e. The molecule has 1 atom stereocenters. The van der Waals surface area contributed by atoms with Crippen LogP contribution in [0.2, 0.25) is 0 Å². The molecule has 1 aromatic carbocycles. The van der Waals surface area contributed by atoms with Crippen molar-refractivity contribution < 1.29 is 9.84 Å². The first-order valence-electron chi connectivity index (χ1n) is 8.49. The lowest BCUT2D eigenvalue weighted by molar-refractivity contribution is -0.135. The molecule has 0 radical (unpaired) electrons. The van der Waals surface area contributed by atoms with Crippen molar-refractivity contribution >= 4 is 0 Å². The van der Waals surface area contributed by atoms with Crippen LogP contribution in [-0.2, 0) is 16.6 Å². The molecule has 2 N–H and O–H groups in total. The van der Waals surface area contributed by atoms with Crippen molar-refractivity contribution in [2.45, 2.75) is 51.5 Å². The van der Waals surface area contributed by atoms with Crippen LogP contribution in [0.3, 0.4) is 0 Å². The summed E-state index contributed by atoms with van der Waals surface area (Å²) >= 11 is 0. The molecule has 2 aliphatic rings. The second-order valence-electron chi connectivity index (χ2n) is 8.14. The standard InChI is InChI=1S/C19H29NO2/c1-18(2,3)15-8-7-14-5-4-6-17(16(14)9-15)20-10-19(11-21)12-22-13-19/h7-9,17,20-21H,4-6,10-13H2,1-3H3/t17-/m1/s1. The van der Waals surface area contributed by atoms with Crippen molar-refractivity contribution in [1.29, 1.82) is 0 Å². The number of aryl methyl sites for hydroxylation is 1. The minimum atomic E-state index is -0.0563. The van der Waals surface area contributed by atoms with E-state index in [1.165, 1.54) is 36.0 Å². The van der Waals surface area contributed by atoms with E-state index >= 15 is 0 Å². The highest BCUT2D eigenvalue weighted by atomic mass is 16.5.